The van der Waals surface area contributed by atoms with Gasteiger partial charge in [-0.25, -0.2) is 8.78 Å². The zero-order valence-electron chi connectivity index (χ0n) is 10.7. The summed E-state index contributed by atoms with van der Waals surface area (Å²) in [5.74, 6) is 2.65. The third-order valence-electron chi connectivity index (χ3n) is 2.84. The molecule has 0 radical (unpaired) electrons. The molecule has 0 saturated heterocycles. The Balaban J connectivity index is 2.26. The number of carbonyl (C=O) groups excluding carboxylic acids is 1. The molecule has 0 heterocycles. The van der Waals surface area contributed by atoms with Gasteiger partial charge in [-0.1, -0.05) is 6.07 Å². The molecule has 0 unspecified atom stereocenters. The largest absolute Gasteiger partial charge is 0.324 e. The van der Waals surface area contributed by atoms with E-state index in [9.17, 15) is 13.6 Å². The van der Waals surface area contributed by atoms with Gasteiger partial charge < -0.3 is 10.7 Å². The molecule has 0 spiro atoms. The first-order valence-electron chi connectivity index (χ1n) is 5.85. The number of hydrazine groups is 1. The van der Waals surface area contributed by atoms with Crippen LogP contribution in [0.3, 0.4) is 0 Å². The predicted octanol–water partition coefficient (Wildman–Crippen LogP) is 2.81. The first-order chi connectivity index (χ1) is 9.52. The summed E-state index contributed by atoms with van der Waals surface area (Å²) in [7, 11) is 0. The number of amides is 1. The quantitative estimate of drug-likeness (QED) is 0.597. The van der Waals surface area contributed by atoms with Crippen LogP contribution in [0.25, 0.3) is 0 Å². The second kappa shape index (κ2) is 5.66. The lowest BCUT2D eigenvalue weighted by Gasteiger charge is -2.10. The van der Waals surface area contributed by atoms with Gasteiger partial charge in [0, 0.05) is 11.3 Å². The molecule has 0 aromatic heterocycles. The van der Waals surface area contributed by atoms with Gasteiger partial charge in [-0.3, -0.25) is 10.6 Å². The normalized spacial score (nSPS) is 10.2. The summed E-state index contributed by atoms with van der Waals surface area (Å²) >= 11 is 0. The van der Waals surface area contributed by atoms with E-state index in [0.717, 1.165) is 6.07 Å². The lowest BCUT2D eigenvalue weighted by molar-refractivity contribution is 0.102. The molecule has 0 aliphatic carbocycles. The molecule has 4 N–H and O–H groups in total. The van der Waals surface area contributed by atoms with Crippen LogP contribution in [0.4, 0.5) is 20.2 Å². The van der Waals surface area contributed by atoms with E-state index < -0.39 is 17.5 Å². The maximum atomic E-state index is 13.5. The van der Waals surface area contributed by atoms with Crippen LogP contribution in [-0.2, 0) is 0 Å². The number of anilines is 2. The van der Waals surface area contributed by atoms with Gasteiger partial charge in [0.15, 0.2) is 11.6 Å². The number of nitrogen functional groups attached to an aromatic ring is 1. The van der Waals surface area contributed by atoms with Gasteiger partial charge in [-0.2, -0.15) is 0 Å². The minimum atomic E-state index is -1.08. The number of hydrogen-bond acceptors (Lipinski definition) is 3. The van der Waals surface area contributed by atoms with Crippen molar-refractivity contribution in [3.63, 3.8) is 0 Å². The molecule has 2 rings (SSSR count). The summed E-state index contributed by atoms with van der Waals surface area (Å²) in [5, 5.41) is 2.34. The molecule has 1 amide bonds. The highest BCUT2D eigenvalue weighted by molar-refractivity contribution is 6.05. The number of nitrogens with two attached hydrogens (primary N) is 1. The SMILES string of the molecule is Cc1cc(NN)ccc1C(=O)Nc1cccc(F)c1F. The fourth-order valence-electron chi connectivity index (χ4n) is 1.80. The number of hydrogen-bond donors (Lipinski definition) is 3. The third kappa shape index (κ3) is 2.75. The van der Waals surface area contributed by atoms with Gasteiger partial charge in [-0.15, -0.1) is 0 Å². The average molecular weight is 277 g/mol. The number of aryl methyl sites for hydroxylation is 1. The minimum Gasteiger partial charge on any atom is -0.324 e. The molecular weight excluding hydrogens is 264 g/mol. The molecule has 104 valence electrons. The molecular formula is C14H13F2N3O. The lowest BCUT2D eigenvalue weighted by atomic mass is 10.1. The van der Waals surface area contributed by atoms with Crippen molar-refractivity contribution in [1.82, 2.24) is 0 Å². The summed E-state index contributed by atoms with van der Waals surface area (Å²) in [5.41, 5.74) is 3.93. The third-order valence-corrected chi connectivity index (χ3v) is 2.84. The van der Waals surface area contributed by atoms with E-state index in [1.165, 1.54) is 12.1 Å². The fourth-order valence-corrected chi connectivity index (χ4v) is 1.80. The second-order valence-corrected chi connectivity index (χ2v) is 4.23. The van der Waals surface area contributed by atoms with E-state index >= 15 is 0 Å². The zero-order valence-corrected chi connectivity index (χ0v) is 10.7. The monoisotopic (exact) mass is 277 g/mol. The van der Waals surface area contributed by atoms with Crippen LogP contribution in [0.1, 0.15) is 15.9 Å². The van der Waals surface area contributed by atoms with Crippen molar-refractivity contribution >= 4 is 17.3 Å². The first-order valence-corrected chi connectivity index (χ1v) is 5.85. The minimum absolute atomic E-state index is 0.199. The number of nitrogens with one attached hydrogen (secondary N) is 2. The Morgan fingerprint density at radius 3 is 2.60 bits per heavy atom. The highest BCUT2D eigenvalue weighted by Crippen LogP contribution is 2.19. The Morgan fingerprint density at radius 1 is 1.20 bits per heavy atom. The van der Waals surface area contributed by atoms with Gasteiger partial charge in [0.1, 0.15) is 0 Å². The first kappa shape index (κ1) is 14.0. The number of halogens is 2. The topological polar surface area (TPSA) is 67.1 Å². The van der Waals surface area contributed by atoms with Crippen molar-refractivity contribution in [2.24, 2.45) is 5.84 Å². The molecule has 0 bridgehead atoms. The van der Waals surface area contributed by atoms with E-state index in [4.69, 9.17) is 5.84 Å². The van der Waals surface area contributed by atoms with Crippen molar-refractivity contribution in [2.75, 3.05) is 10.7 Å². The van der Waals surface area contributed by atoms with Crippen molar-refractivity contribution in [1.29, 1.82) is 0 Å². The second-order valence-electron chi connectivity index (χ2n) is 4.23. The number of carbonyl (C=O) groups is 1. The summed E-state index contributed by atoms with van der Waals surface area (Å²) in [4.78, 5) is 12.0. The Kier molecular flexibility index (Phi) is 3.95. The highest BCUT2D eigenvalue weighted by atomic mass is 19.2. The fraction of sp³-hybridized carbons (Fsp3) is 0.0714. The van der Waals surface area contributed by atoms with E-state index in [2.05, 4.69) is 10.7 Å². The van der Waals surface area contributed by atoms with Crippen LogP contribution in [0.2, 0.25) is 0 Å². The molecule has 4 nitrogen and oxygen atoms in total. The van der Waals surface area contributed by atoms with Gasteiger partial charge in [0.25, 0.3) is 5.91 Å². The molecule has 6 heteroatoms. The zero-order chi connectivity index (χ0) is 14.7. The van der Waals surface area contributed by atoms with E-state index in [0.29, 0.717) is 16.8 Å². The maximum Gasteiger partial charge on any atom is 0.256 e. The van der Waals surface area contributed by atoms with Gasteiger partial charge in [0.05, 0.1) is 5.69 Å². The molecule has 0 atom stereocenters. The molecule has 20 heavy (non-hydrogen) atoms. The van der Waals surface area contributed by atoms with E-state index in [1.807, 2.05) is 0 Å². The predicted molar refractivity (Wildman–Crippen MR) is 73.3 cm³/mol. The smallest absolute Gasteiger partial charge is 0.256 e. The van der Waals surface area contributed by atoms with Crippen LogP contribution < -0.4 is 16.6 Å². The van der Waals surface area contributed by atoms with Crippen molar-refractivity contribution < 1.29 is 13.6 Å². The summed E-state index contributed by atoms with van der Waals surface area (Å²) in [6, 6.07) is 8.44. The Morgan fingerprint density at radius 2 is 1.95 bits per heavy atom. The summed E-state index contributed by atoms with van der Waals surface area (Å²) in [6.45, 7) is 1.72. The lowest BCUT2D eigenvalue weighted by Crippen LogP contribution is -2.15. The molecule has 0 aliphatic heterocycles. The molecule has 0 fully saturated rings. The van der Waals surface area contributed by atoms with E-state index in [1.54, 1.807) is 25.1 Å². The summed E-state index contributed by atoms with van der Waals surface area (Å²) in [6.07, 6.45) is 0. The van der Waals surface area contributed by atoms with Crippen LogP contribution in [0, 0.1) is 18.6 Å². The highest BCUT2D eigenvalue weighted by Gasteiger charge is 2.13. The van der Waals surface area contributed by atoms with Crippen LogP contribution in [0.5, 0.6) is 0 Å². The van der Waals surface area contributed by atoms with Gasteiger partial charge >= 0.3 is 0 Å². The number of rotatable bonds is 3. The average Bonchev–Trinajstić information content (AvgIpc) is 2.43. The molecule has 0 saturated carbocycles. The van der Waals surface area contributed by atoms with Crippen LogP contribution in [0.15, 0.2) is 36.4 Å². The molecule has 0 aliphatic rings. The Bertz CT molecular complexity index is 659. The van der Waals surface area contributed by atoms with Crippen LogP contribution in [-0.4, -0.2) is 5.91 Å². The van der Waals surface area contributed by atoms with Crippen molar-refractivity contribution in [3.05, 3.63) is 59.2 Å². The molecule has 2 aromatic rings. The number of benzene rings is 2. The molecule has 2 aromatic carbocycles. The van der Waals surface area contributed by atoms with E-state index in [-0.39, 0.29) is 5.69 Å². The summed E-state index contributed by atoms with van der Waals surface area (Å²) < 4.78 is 26.5. The maximum absolute atomic E-state index is 13.5. The van der Waals surface area contributed by atoms with Crippen molar-refractivity contribution in [3.8, 4) is 0 Å². The standard InChI is InChI=1S/C14H13F2N3O/c1-8-7-9(19-17)5-6-10(8)14(20)18-12-4-2-3-11(15)13(12)16/h2-7,19H,17H2,1H3,(H,18,20). The Hall–Kier alpha value is -2.47. The van der Waals surface area contributed by atoms with Crippen molar-refractivity contribution in [2.45, 2.75) is 6.92 Å². The van der Waals surface area contributed by atoms with Gasteiger partial charge in [-0.05, 0) is 42.8 Å². The Labute approximate surface area is 114 Å². The van der Waals surface area contributed by atoms with Crippen LogP contribution >= 0.6 is 0 Å². The van der Waals surface area contributed by atoms with Gasteiger partial charge in [0.2, 0.25) is 0 Å².